The highest BCUT2D eigenvalue weighted by molar-refractivity contribution is 7.18. The molecule has 1 aliphatic heterocycles. The Labute approximate surface area is 161 Å². The molecule has 138 valence electrons. The van der Waals surface area contributed by atoms with Crippen molar-refractivity contribution in [3.05, 3.63) is 48.6 Å². The summed E-state index contributed by atoms with van der Waals surface area (Å²) >= 11 is 1.54. The van der Waals surface area contributed by atoms with Crippen LogP contribution in [0.2, 0.25) is 0 Å². The molecule has 0 aromatic carbocycles. The molecule has 7 nitrogen and oxygen atoms in total. The number of aryl methyl sites for hydroxylation is 1. The number of nitrogens with zero attached hydrogens (tertiary/aromatic N) is 5. The number of fused-ring (bicyclic) bond motifs is 1. The third kappa shape index (κ3) is 3.35. The molecule has 0 N–H and O–H groups in total. The lowest BCUT2D eigenvalue weighted by molar-refractivity contribution is 0.174. The Hall–Kier alpha value is -3.00. The van der Waals surface area contributed by atoms with Crippen molar-refractivity contribution in [2.75, 3.05) is 25.1 Å². The number of oxazole rings is 1. The van der Waals surface area contributed by atoms with Gasteiger partial charge in [0, 0.05) is 38.0 Å². The quantitative estimate of drug-likeness (QED) is 0.379. The average molecular weight is 381 g/mol. The van der Waals surface area contributed by atoms with Crippen molar-refractivity contribution in [3.63, 3.8) is 0 Å². The lowest BCUT2D eigenvalue weighted by Crippen LogP contribution is -2.28. The van der Waals surface area contributed by atoms with Crippen molar-refractivity contribution in [1.82, 2.24) is 15.0 Å². The summed E-state index contributed by atoms with van der Waals surface area (Å²) in [6.07, 6.45) is 5.96. The molecule has 0 saturated carbocycles. The summed E-state index contributed by atoms with van der Waals surface area (Å²) in [7, 11) is 1.98. The first-order valence-electron chi connectivity index (χ1n) is 8.57. The summed E-state index contributed by atoms with van der Waals surface area (Å²) in [5.41, 5.74) is 3.36. The zero-order chi connectivity index (χ0) is 18.8. The molecule has 3 aromatic heterocycles. The first-order chi connectivity index (χ1) is 13.2. The van der Waals surface area contributed by atoms with Gasteiger partial charge in [-0.2, -0.15) is 0 Å². The maximum absolute atomic E-state index is 6.08. The summed E-state index contributed by atoms with van der Waals surface area (Å²) in [4.78, 5) is 21.7. The minimum absolute atomic E-state index is 0.363. The van der Waals surface area contributed by atoms with Crippen LogP contribution in [0, 0.1) is 6.92 Å². The fourth-order valence-electron chi connectivity index (χ4n) is 2.81. The smallest absolute Gasteiger partial charge is 0.241 e. The van der Waals surface area contributed by atoms with E-state index < -0.39 is 0 Å². The zero-order valence-corrected chi connectivity index (χ0v) is 16.0. The van der Waals surface area contributed by atoms with Crippen molar-refractivity contribution in [2.45, 2.75) is 13.3 Å². The number of hydrogen-bond acceptors (Lipinski definition) is 8. The maximum Gasteiger partial charge on any atom is 0.241 e. The monoisotopic (exact) mass is 381 g/mol. The molecular formula is C19H19N5O2S. The van der Waals surface area contributed by atoms with Crippen molar-refractivity contribution in [2.24, 2.45) is 5.16 Å². The first kappa shape index (κ1) is 17.4. The number of hydrogen-bond donors (Lipinski definition) is 0. The zero-order valence-electron chi connectivity index (χ0n) is 15.2. The fourth-order valence-corrected chi connectivity index (χ4v) is 3.80. The summed E-state index contributed by atoms with van der Waals surface area (Å²) in [5, 5.41) is 5.10. The molecule has 4 heterocycles. The number of oxime groups is 1. The van der Waals surface area contributed by atoms with Crippen molar-refractivity contribution in [3.8, 4) is 21.3 Å². The number of pyridine rings is 1. The van der Waals surface area contributed by atoms with Crippen LogP contribution in [0.5, 0.6) is 0 Å². The molecular weight excluding hydrogens is 362 g/mol. The molecule has 1 aliphatic rings. The van der Waals surface area contributed by atoms with Crippen molar-refractivity contribution in [1.29, 1.82) is 0 Å². The second-order valence-electron chi connectivity index (χ2n) is 6.14. The molecule has 0 radical (unpaired) electrons. The van der Waals surface area contributed by atoms with Gasteiger partial charge in [0.05, 0.1) is 5.69 Å². The SMILES string of the molecule is C=CCON=C1CCN(C)c2oc(-c3sc(-c4cccnc4)nc3C)nc21. The highest BCUT2D eigenvalue weighted by atomic mass is 32.1. The van der Waals surface area contributed by atoms with E-state index in [1.807, 2.05) is 31.0 Å². The lowest BCUT2D eigenvalue weighted by Gasteiger charge is -2.21. The van der Waals surface area contributed by atoms with Gasteiger partial charge in [0.2, 0.25) is 11.8 Å². The van der Waals surface area contributed by atoms with Crippen LogP contribution in [0.15, 0.2) is 46.8 Å². The third-order valence-corrected chi connectivity index (χ3v) is 5.37. The molecule has 4 rings (SSSR count). The summed E-state index contributed by atoms with van der Waals surface area (Å²) < 4.78 is 6.08. The molecule has 8 heteroatoms. The number of anilines is 1. The molecule has 0 bridgehead atoms. The van der Waals surface area contributed by atoms with E-state index in [-0.39, 0.29) is 0 Å². The number of thiazole rings is 1. The molecule has 3 aromatic rings. The van der Waals surface area contributed by atoms with Crippen LogP contribution >= 0.6 is 11.3 Å². The largest absolute Gasteiger partial charge is 0.419 e. The van der Waals surface area contributed by atoms with Crippen LogP contribution in [0.25, 0.3) is 21.3 Å². The van der Waals surface area contributed by atoms with Gasteiger partial charge < -0.3 is 14.2 Å². The molecule has 0 saturated heterocycles. The van der Waals surface area contributed by atoms with E-state index in [1.165, 1.54) is 0 Å². The average Bonchev–Trinajstić information content (AvgIpc) is 3.29. The Morgan fingerprint density at radius 2 is 2.33 bits per heavy atom. The molecule has 0 spiro atoms. The Kier molecular flexibility index (Phi) is 4.72. The van der Waals surface area contributed by atoms with E-state index in [2.05, 4.69) is 21.7 Å². The van der Waals surface area contributed by atoms with Gasteiger partial charge in [-0.3, -0.25) is 4.98 Å². The van der Waals surface area contributed by atoms with Crippen LogP contribution in [-0.2, 0) is 4.84 Å². The van der Waals surface area contributed by atoms with E-state index >= 15 is 0 Å². The topological polar surface area (TPSA) is 76.6 Å². The third-order valence-electron chi connectivity index (χ3n) is 4.18. The molecule has 0 amide bonds. The van der Waals surface area contributed by atoms with Crippen molar-refractivity contribution < 1.29 is 9.25 Å². The van der Waals surface area contributed by atoms with E-state index in [9.17, 15) is 0 Å². The Morgan fingerprint density at radius 3 is 3.11 bits per heavy atom. The minimum Gasteiger partial charge on any atom is -0.419 e. The maximum atomic E-state index is 6.08. The van der Waals surface area contributed by atoms with Gasteiger partial charge in [0.15, 0.2) is 5.69 Å². The van der Waals surface area contributed by atoms with Crippen LogP contribution in [0.4, 0.5) is 5.88 Å². The first-order valence-corrected chi connectivity index (χ1v) is 9.39. The van der Waals surface area contributed by atoms with E-state index in [4.69, 9.17) is 14.2 Å². The molecule has 27 heavy (non-hydrogen) atoms. The number of rotatable bonds is 5. The Morgan fingerprint density at radius 1 is 1.44 bits per heavy atom. The van der Waals surface area contributed by atoms with Crippen molar-refractivity contribution >= 4 is 22.9 Å². The summed E-state index contributed by atoms with van der Waals surface area (Å²) in [6.45, 7) is 6.75. The highest BCUT2D eigenvalue weighted by Crippen LogP contribution is 2.38. The van der Waals surface area contributed by atoms with E-state index in [0.29, 0.717) is 18.4 Å². The predicted octanol–water partition coefficient (Wildman–Crippen LogP) is 3.92. The van der Waals surface area contributed by atoms with Gasteiger partial charge in [0.25, 0.3) is 0 Å². The fraction of sp³-hybridized carbons (Fsp3) is 0.263. The predicted molar refractivity (Wildman–Crippen MR) is 106 cm³/mol. The second-order valence-corrected chi connectivity index (χ2v) is 7.14. The van der Waals surface area contributed by atoms with E-state index in [0.717, 1.165) is 45.5 Å². The molecule has 0 atom stereocenters. The van der Waals surface area contributed by atoms with Gasteiger partial charge >= 0.3 is 0 Å². The molecule has 0 fully saturated rings. The van der Waals surface area contributed by atoms with Gasteiger partial charge in [-0.05, 0) is 19.1 Å². The van der Waals surface area contributed by atoms with Gasteiger partial charge in [-0.15, -0.1) is 11.3 Å². The second kappa shape index (κ2) is 7.32. The Balaban J connectivity index is 1.72. The summed E-state index contributed by atoms with van der Waals surface area (Å²) in [6, 6.07) is 3.89. The van der Waals surface area contributed by atoms with Gasteiger partial charge in [0.1, 0.15) is 22.2 Å². The van der Waals surface area contributed by atoms with E-state index in [1.54, 1.807) is 29.8 Å². The Bertz CT molecular complexity index is 993. The molecule has 0 aliphatic carbocycles. The highest BCUT2D eigenvalue weighted by Gasteiger charge is 2.28. The lowest BCUT2D eigenvalue weighted by atomic mass is 10.1. The van der Waals surface area contributed by atoms with Crippen LogP contribution in [0.3, 0.4) is 0 Å². The standard InChI is InChI=1S/C19H19N5O2S/c1-4-10-25-23-14-7-9-24(3)19-15(14)22-17(26-19)16-12(2)21-18(27-16)13-6-5-8-20-11-13/h4-6,8,11H,1,7,9-10H2,2-3H3. The minimum atomic E-state index is 0.363. The number of aromatic nitrogens is 3. The summed E-state index contributed by atoms with van der Waals surface area (Å²) in [5.74, 6) is 1.25. The van der Waals surface area contributed by atoms with Gasteiger partial charge in [-0.1, -0.05) is 17.8 Å². The van der Waals surface area contributed by atoms with Gasteiger partial charge in [-0.25, -0.2) is 9.97 Å². The normalized spacial score (nSPS) is 15.0. The van der Waals surface area contributed by atoms with Crippen LogP contribution < -0.4 is 4.90 Å². The molecule has 0 unspecified atom stereocenters. The van der Waals surface area contributed by atoms with Crippen LogP contribution in [-0.4, -0.2) is 40.9 Å². The van der Waals surface area contributed by atoms with Crippen LogP contribution in [0.1, 0.15) is 17.8 Å².